The summed E-state index contributed by atoms with van der Waals surface area (Å²) in [5.74, 6) is 0.396. The van der Waals surface area contributed by atoms with E-state index in [1.54, 1.807) is 53.6 Å². The van der Waals surface area contributed by atoms with Crippen molar-refractivity contribution in [2.24, 2.45) is 0 Å². The maximum atomic E-state index is 13.2. The van der Waals surface area contributed by atoms with Crippen molar-refractivity contribution in [1.82, 2.24) is 5.48 Å². The normalized spacial score (nSPS) is 16.6. The minimum atomic E-state index is -3.96. The van der Waals surface area contributed by atoms with Gasteiger partial charge in [-0.2, -0.15) is 11.8 Å². The first-order valence-electron chi connectivity index (χ1n) is 8.23. The first kappa shape index (κ1) is 20.1. The number of benzene rings is 2. The first-order valence-corrected chi connectivity index (χ1v) is 11.7. The van der Waals surface area contributed by atoms with Gasteiger partial charge < -0.3 is 5.11 Å². The Balaban J connectivity index is 1.88. The van der Waals surface area contributed by atoms with Gasteiger partial charge in [0, 0.05) is 9.79 Å². The van der Waals surface area contributed by atoms with Gasteiger partial charge in [0.15, 0.2) is 14.6 Å². The molecule has 9 heteroatoms. The molecular formula is C18H19NO5S3. The second-order valence-corrected chi connectivity index (χ2v) is 10.7. The monoisotopic (exact) mass is 425 g/mol. The largest absolute Gasteiger partial charge is 0.508 e. The third-order valence-corrected chi connectivity index (χ3v) is 9.05. The fourth-order valence-corrected chi connectivity index (χ4v) is 7.23. The number of thioether (sulfide) groups is 1. The van der Waals surface area contributed by atoms with Crippen molar-refractivity contribution < 1.29 is 23.5 Å². The second kappa shape index (κ2) is 8.14. The Kier molecular flexibility index (Phi) is 6.05. The number of nitrogens with one attached hydrogen (secondary N) is 1. The van der Waals surface area contributed by atoms with E-state index in [1.807, 2.05) is 0 Å². The van der Waals surface area contributed by atoms with E-state index < -0.39 is 20.5 Å². The Bertz CT molecular complexity index is 905. The van der Waals surface area contributed by atoms with Gasteiger partial charge in [0.05, 0.1) is 4.90 Å². The van der Waals surface area contributed by atoms with Crippen LogP contribution >= 0.6 is 23.5 Å². The zero-order valence-electron chi connectivity index (χ0n) is 14.3. The zero-order valence-corrected chi connectivity index (χ0v) is 16.7. The molecule has 0 unspecified atom stereocenters. The maximum absolute atomic E-state index is 13.2. The van der Waals surface area contributed by atoms with Crippen molar-refractivity contribution in [3.05, 3.63) is 48.5 Å². The average molecular weight is 426 g/mol. The van der Waals surface area contributed by atoms with Crippen molar-refractivity contribution in [3.8, 4) is 5.75 Å². The SMILES string of the molecule is O=C(NO)C1(S(=O)(=O)c2ccc(Sc3ccc(O)cc3)cc2)CCSCC1. The molecule has 1 aliphatic heterocycles. The lowest BCUT2D eigenvalue weighted by atomic mass is 10.0. The minimum Gasteiger partial charge on any atom is -0.508 e. The lowest BCUT2D eigenvalue weighted by molar-refractivity contribution is -0.132. The molecule has 2 aromatic rings. The molecule has 0 saturated carbocycles. The highest BCUT2D eigenvalue weighted by atomic mass is 32.2. The highest BCUT2D eigenvalue weighted by Gasteiger charge is 2.51. The van der Waals surface area contributed by atoms with Crippen molar-refractivity contribution in [3.63, 3.8) is 0 Å². The van der Waals surface area contributed by atoms with Gasteiger partial charge >= 0.3 is 0 Å². The molecule has 1 fully saturated rings. The number of hydroxylamine groups is 1. The van der Waals surface area contributed by atoms with Crippen LogP contribution in [0.25, 0.3) is 0 Å². The van der Waals surface area contributed by atoms with E-state index >= 15 is 0 Å². The summed E-state index contributed by atoms with van der Waals surface area (Å²) >= 11 is 3.03. The zero-order chi connectivity index (χ0) is 19.5. The van der Waals surface area contributed by atoms with Gasteiger partial charge in [-0.05, 0) is 72.9 Å². The molecule has 0 spiro atoms. The Morgan fingerprint density at radius 1 is 1.00 bits per heavy atom. The van der Waals surface area contributed by atoms with E-state index in [0.29, 0.717) is 11.5 Å². The summed E-state index contributed by atoms with van der Waals surface area (Å²) < 4.78 is 24.8. The van der Waals surface area contributed by atoms with Crippen LogP contribution in [0.5, 0.6) is 5.75 Å². The summed E-state index contributed by atoms with van der Waals surface area (Å²) in [4.78, 5) is 14.1. The topological polar surface area (TPSA) is 104 Å². The summed E-state index contributed by atoms with van der Waals surface area (Å²) in [7, 11) is -3.96. The molecule has 0 aromatic heterocycles. The number of hydrogen-bond acceptors (Lipinski definition) is 7. The number of phenols is 1. The van der Waals surface area contributed by atoms with Gasteiger partial charge in [0.25, 0.3) is 5.91 Å². The second-order valence-electron chi connectivity index (χ2n) is 6.12. The summed E-state index contributed by atoms with van der Waals surface area (Å²) in [5, 5.41) is 18.4. The van der Waals surface area contributed by atoms with Crippen LogP contribution in [0, 0.1) is 0 Å². The van der Waals surface area contributed by atoms with Crippen molar-refractivity contribution in [1.29, 1.82) is 0 Å². The molecule has 0 aliphatic carbocycles. The van der Waals surface area contributed by atoms with Gasteiger partial charge in [-0.15, -0.1) is 0 Å². The Labute approximate surface area is 166 Å². The highest BCUT2D eigenvalue weighted by Crippen LogP contribution is 2.39. The smallest absolute Gasteiger partial charge is 0.265 e. The van der Waals surface area contributed by atoms with E-state index in [1.165, 1.54) is 23.9 Å². The van der Waals surface area contributed by atoms with Crippen LogP contribution in [-0.4, -0.2) is 40.9 Å². The van der Waals surface area contributed by atoms with Crippen LogP contribution in [0.15, 0.2) is 63.2 Å². The number of phenolic OH excluding ortho intramolecular Hbond substituents is 1. The molecule has 1 saturated heterocycles. The van der Waals surface area contributed by atoms with Crippen molar-refractivity contribution in [2.75, 3.05) is 11.5 Å². The predicted octanol–water partition coefficient (Wildman–Crippen LogP) is 3.09. The molecule has 0 bridgehead atoms. The molecule has 6 nitrogen and oxygen atoms in total. The third-order valence-electron chi connectivity index (χ3n) is 4.54. The third kappa shape index (κ3) is 3.96. The molecule has 0 radical (unpaired) electrons. The highest BCUT2D eigenvalue weighted by molar-refractivity contribution is 8.00. The summed E-state index contributed by atoms with van der Waals surface area (Å²) in [5.41, 5.74) is 1.55. The van der Waals surface area contributed by atoms with E-state index in [9.17, 15) is 18.3 Å². The van der Waals surface area contributed by atoms with Crippen LogP contribution in [0.2, 0.25) is 0 Å². The van der Waals surface area contributed by atoms with Gasteiger partial charge in [0.2, 0.25) is 0 Å². The number of sulfone groups is 1. The van der Waals surface area contributed by atoms with Crippen LogP contribution in [-0.2, 0) is 14.6 Å². The van der Waals surface area contributed by atoms with E-state index in [2.05, 4.69) is 0 Å². The van der Waals surface area contributed by atoms with Crippen LogP contribution in [0.1, 0.15) is 12.8 Å². The number of amides is 1. The van der Waals surface area contributed by atoms with Gasteiger partial charge in [0.1, 0.15) is 5.75 Å². The minimum absolute atomic E-state index is 0.0630. The maximum Gasteiger partial charge on any atom is 0.265 e. The number of rotatable bonds is 5. The Morgan fingerprint density at radius 2 is 1.52 bits per heavy atom. The number of aromatic hydroxyl groups is 1. The van der Waals surface area contributed by atoms with E-state index in [0.717, 1.165) is 9.79 Å². The number of carbonyl (C=O) groups excluding carboxylic acids is 1. The molecule has 0 atom stereocenters. The van der Waals surface area contributed by atoms with E-state index in [-0.39, 0.29) is 23.5 Å². The fourth-order valence-electron chi connectivity index (χ4n) is 2.98. The standard InChI is InChI=1S/C18H19NO5S3/c20-13-1-3-14(4-2-13)26-15-5-7-16(8-6-15)27(23,24)18(17(21)19-22)9-11-25-12-10-18/h1-8,20,22H,9-12H2,(H,19,21). The summed E-state index contributed by atoms with van der Waals surface area (Å²) in [6.07, 6.45) is 0.326. The molecule has 27 heavy (non-hydrogen) atoms. The summed E-state index contributed by atoms with van der Waals surface area (Å²) in [6.45, 7) is 0. The van der Waals surface area contributed by atoms with Gasteiger partial charge in [-0.25, -0.2) is 13.9 Å². The number of hydrogen-bond donors (Lipinski definition) is 3. The molecule has 2 aromatic carbocycles. The van der Waals surface area contributed by atoms with Gasteiger partial charge in [-0.3, -0.25) is 10.0 Å². The Hall–Kier alpha value is -1.68. The molecule has 1 aliphatic rings. The lowest BCUT2D eigenvalue weighted by Gasteiger charge is -2.34. The molecule has 3 rings (SSSR count). The van der Waals surface area contributed by atoms with Crippen LogP contribution in [0.3, 0.4) is 0 Å². The Morgan fingerprint density at radius 3 is 2.04 bits per heavy atom. The molecule has 144 valence electrons. The number of carbonyl (C=O) groups is 1. The van der Waals surface area contributed by atoms with Gasteiger partial charge in [-0.1, -0.05) is 11.8 Å². The van der Waals surface area contributed by atoms with E-state index in [4.69, 9.17) is 5.21 Å². The molecule has 3 N–H and O–H groups in total. The molecular weight excluding hydrogens is 406 g/mol. The quantitative estimate of drug-likeness (QED) is 0.499. The van der Waals surface area contributed by atoms with Crippen LogP contribution < -0.4 is 5.48 Å². The predicted molar refractivity (Wildman–Crippen MR) is 105 cm³/mol. The van der Waals surface area contributed by atoms with Crippen molar-refractivity contribution in [2.45, 2.75) is 32.3 Å². The van der Waals surface area contributed by atoms with Crippen molar-refractivity contribution >= 4 is 39.3 Å². The first-order chi connectivity index (χ1) is 12.9. The summed E-state index contributed by atoms with van der Waals surface area (Å²) in [6, 6.07) is 13.1. The fraction of sp³-hybridized carbons (Fsp3) is 0.278. The lowest BCUT2D eigenvalue weighted by Crippen LogP contribution is -2.53. The molecule has 1 heterocycles. The van der Waals surface area contributed by atoms with Crippen LogP contribution in [0.4, 0.5) is 0 Å². The average Bonchev–Trinajstić information content (AvgIpc) is 2.70. The molecule has 1 amide bonds.